The Kier molecular flexibility index (Phi) is 11.2. The van der Waals surface area contributed by atoms with Crippen LogP contribution >= 0.6 is 11.9 Å². The minimum absolute atomic E-state index is 0.208. The first kappa shape index (κ1) is 28.4. The van der Waals surface area contributed by atoms with Crippen molar-refractivity contribution in [2.75, 3.05) is 38.7 Å². The highest BCUT2D eigenvalue weighted by molar-refractivity contribution is 7.97. The number of hydrogen-bond donors (Lipinski definition) is 3. The van der Waals surface area contributed by atoms with Crippen molar-refractivity contribution in [3.63, 3.8) is 0 Å². The topological polar surface area (TPSA) is 119 Å². The lowest BCUT2D eigenvalue weighted by Gasteiger charge is -2.27. The van der Waals surface area contributed by atoms with Crippen molar-refractivity contribution in [1.82, 2.24) is 9.79 Å². The monoisotopic (exact) mass is 533 g/mol. The number of nitrogens with one attached hydrogen (secondary N) is 2. The molecule has 0 radical (unpaired) electrons. The minimum atomic E-state index is -0.611. The van der Waals surface area contributed by atoms with E-state index in [-0.39, 0.29) is 12.4 Å². The largest absolute Gasteiger partial charge is 0.494 e. The molecule has 0 aliphatic carbocycles. The predicted molar refractivity (Wildman–Crippen MR) is 140 cm³/mol. The van der Waals surface area contributed by atoms with Gasteiger partial charge in [0.2, 0.25) is 0 Å². The summed E-state index contributed by atoms with van der Waals surface area (Å²) in [4.78, 5) is 24.8. The van der Waals surface area contributed by atoms with Gasteiger partial charge in [-0.15, -0.1) is 0 Å². The second-order valence-electron chi connectivity index (χ2n) is 8.24. The van der Waals surface area contributed by atoms with Crippen LogP contribution in [0.25, 0.3) is 0 Å². The summed E-state index contributed by atoms with van der Waals surface area (Å²) >= 11 is 1.43. The van der Waals surface area contributed by atoms with Crippen molar-refractivity contribution in [2.45, 2.75) is 50.7 Å². The molecule has 37 heavy (non-hydrogen) atoms. The van der Waals surface area contributed by atoms with Crippen molar-refractivity contribution >= 4 is 29.5 Å². The van der Waals surface area contributed by atoms with Gasteiger partial charge in [0.1, 0.15) is 29.9 Å². The molecule has 3 N–H and O–H groups in total. The first-order valence-corrected chi connectivity index (χ1v) is 13.1. The fourth-order valence-electron chi connectivity index (χ4n) is 3.91. The smallest absolute Gasteiger partial charge is 0.305 e. The predicted octanol–water partition coefficient (Wildman–Crippen LogP) is 4.01. The number of anilines is 1. The molecule has 1 aliphatic heterocycles. The van der Waals surface area contributed by atoms with Gasteiger partial charge in [0.05, 0.1) is 26.0 Å². The molecule has 0 fully saturated rings. The van der Waals surface area contributed by atoms with Crippen molar-refractivity contribution < 1.29 is 33.7 Å². The number of methoxy groups -OCH3 is 1. The van der Waals surface area contributed by atoms with Gasteiger partial charge in [-0.1, -0.05) is 0 Å². The van der Waals surface area contributed by atoms with Crippen LogP contribution in [0.1, 0.15) is 38.7 Å². The van der Waals surface area contributed by atoms with Crippen molar-refractivity contribution in [2.24, 2.45) is 0 Å². The molecule has 3 rings (SSSR count). The fourth-order valence-corrected chi connectivity index (χ4v) is 5.03. The number of esters is 1. The lowest BCUT2D eigenvalue weighted by atomic mass is 10.1. The molecule has 0 unspecified atom stereocenters. The van der Waals surface area contributed by atoms with Gasteiger partial charge in [-0.05, 0) is 68.5 Å². The molecule has 2 aromatic rings. The highest BCUT2D eigenvalue weighted by Crippen LogP contribution is 2.37. The quantitative estimate of drug-likeness (QED) is 0.151. The average Bonchev–Trinajstić information content (AvgIpc) is 3.11. The van der Waals surface area contributed by atoms with Crippen LogP contribution in [0.3, 0.4) is 0 Å². The maximum atomic E-state index is 12.4. The molecule has 0 spiro atoms. The Morgan fingerprint density at radius 1 is 1.08 bits per heavy atom. The van der Waals surface area contributed by atoms with Crippen molar-refractivity contribution in [1.29, 1.82) is 0 Å². The molecular weight excluding hydrogens is 498 g/mol. The molecule has 0 bridgehead atoms. The number of fused-ring (bicyclic) bond motifs is 1. The number of ether oxygens (including phenoxy) is 4. The number of hydroxylamine groups is 1. The molecule has 202 valence electrons. The second-order valence-corrected chi connectivity index (χ2v) is 9.34. The third kappa shape index (κ3) is 8.44. The Hall–Kier alpha value is -3.15. The van der Waals surface area contributed by atoms with Gasteiger partial charge in [-0.3, -0.25) is 14.8 Å². The molecule has 1 amide bonds. The summed E-state index contributed by atoms with van der Waals surface area (Å²) in [6.07, 6.45) is 1.07. The van der Waals surface area contributed by atoms with E-state index in [1.54, 1.807) is 5.48 Å². The summed E-state index contributed by atoms with van der Waals surface area (Å²) in [5.74, 6) is 1.33. The van der Waals surface area contributed by atoms with E-state index >= 15 is 0 Å². The number of rotatable bonds is 13. The molecule has 0 saturated carbocycles. The SMILES string of the molecule is CCOc1cc(COc2ccc3c(c2)NCCN([C@H](CCCC(=O)OC)C(=O)NO)S3)cc(OCC)c1. The number of carbonyl (C=O) groups excluding carboxylic acids is 2. The zero-order valence-electron chi connectivity index (χ0n) is 21.5. The Morgan fingerprint density at radius 2 is 1.81 bits per heavy atom. The summed E-state index contributed by atoms with van der Waals surface area (Å²) in [6, 6.07) is 10.9. The normalized spacial score (nSPS) is 13.9. The van der Waals surface area contributed by atoms with E-state index in [1.165, 1.54) is 19.1 Å². The van der Waals surface area contributed by atoms with E-state index in [4.69, 9.17) is 14.2 Å². The van der Waals surface area contributed by atoms with Crippen LogP contribution in [-0.2, 0) is 20.9 Å². The van der Waals surface area contributed by atoms with Crippen LogP contribution in [0.4, 0.5) is 5.69 Å². The Balaban J connectivity index is 1.68. The zero-order valence-corrected chi connectivity index (χ0v) is 22.3. The van der Waals surface area contributed by atoms with Gasteiger partial charge in [0.15, 0.2) is 0 Å². The number of nitrogens with zero attached hydrogens (tertiary/aromatic N) is 1. The zero-order chi connectivity index (χ0) is 26.6. The van der Waals surface area contributed by atoms with Gasteiger partial charge in [0, 0.05) is 36.5 Å². The lowest BCUT2D eigenvalue weighted by Crippen LogP contribution is -2.44. The second kappa shape index (κ2) is 14.6. The van der Waals surface area contributed by atoms with Crippen LogP contribution in [0, 0.1) is 0 Å². The number of benzene rings is 2. The molecule has 11 heteroatoms. The summed E-state index contributed by atoms with van der Waals surface area (Å²) in [7, 11) is 1.33. The number of amides is 1. The summed E-state index contributed by atoms with van der Waals surface area (Å²) < 4.78 is 24.0. The molecule has 10 nitrogen and oxygen atoms in total. The average molecular weight is 534 g/mol. The molecule has 1 atom stereocenters. The lowest BCUT2D eigenvalue weighted by molar-refractivity contribution is -0.141. The third-order valence-corrected chi connectivity index (χ3v) is 6.85. The number of hydrogen-bond acceptors (Lipinski definition) is 10. The summed E-state index contributed by atoms with van der Waals surface area (Å²) in [6.45, 7) is 6.48. The first-order valence-electron chi connectivity index (χ1n) is 12.3. The molecule has 1 heterocycles. The van der Waals surface area contributed by atoms with Gasteiger partial charge >= 0.3 is 5.97 Å². The van der Waals surface area contributed by atoms with E-state index < -0.39 is 11.9 Å². The molecular formula is C26H35N3O7S. The third-order valence-electron chi connectivity index (χ3n) is 5.63. The molecule has 0 saturated heterocycles. The minimum Gasteiger partial charge on any atom is -0.494 e. The van der Waals surface area contributed by atoms with E-state index in [0.29, 0.717) is 51.5 Å². The summed E-state index contributed by atoms with van der Waals surface area (Å²) in [5.41, 5.74) is 3.58. The number of carbonyl (C=O) groups is 2. The Morgan fingerprint density at radius 3 is 2.46 bits per heavy atom. The molecule has 2 aromatic carbocycles. The van der Waals surface area contributed by atoms with E-state index in [2.05, 4.69) is 10.1 Å². The van der Waals surface area contributed by atoms with Crippen LogP contribution in [-0.4, -0.2) is 60.8 Å². The van der Waals surface area contributed by atoms with Gasteiger partial charge in [-0.2, -0.15) is 0 Å². The van der Waals surface area contributed by atoms with Crippen LogP contribution < -0.4 is 25.0 Å². The Labute approximate surface area is 221 Å². The summed E-state index contributed by atoms with van der Waals surface area (Å²) in [5, 5.41) is 12.7. The first-order chi connectivity index (χ1) is 18.0. The van der Waals surface area contributed by atoms with E-state index in [9.17, 15) is 14.8 Å². The van der Waals surface area contributed by atoms with Crippen LogP contribution in [0.15, 0.2) is 41.3 Å². The van der Waals surface area contributed by atoms with Gasteiger partial charge < -0.3 is 24.3 Å². The highest BCUT2D eigenvalue weighted by Gasteiger charge is 2.29. The Bertz CT molecular complexity index is 1030. The molecule has 0 aromatic heterocycles. The van der Waals surface area contributed by atoms with Crippen LogP contribution in [0.2, 0.25) is 0 Å². The van der Waals surface area contributed by atoms with Crippen molar-refractivity contribution in [3.05, 3.63) is 42.0 Å². The van der Waals surface area contributed by atoms with E-state index in [1.807, 2.05) is 54.6 Å². The maximum absolute atomic E-state index is 12.4. The van der Waals surface area contributed by atoms with Crippen molar-refractivity contribution in [3.8, 4) is 17.2 Å². The van der Waals surface area contributed by atoms with E-state index in [0.717, 1.165) is 27.6 Å². The molecule has 1 aliphatic rings. The van der Waals surface area contributed by atoms with Gasteiger partial charge in [0.25, 0.3) is 5.91 Å². The standard InChI is InChI=1S/C26H35N3O7S/c1-4-34-20-13-18(14-21(15-20)35-5-2)17-36-19-9-10-24-22(16-19)27-11-12-29(37-24)23(26(31)28-32)7-6-8-25(30)33-3/h9-10,13-16,23,27,32H,4-8,11-12,17H2,1-3H3,(H,28,31)/t23-/m1/s1. The highest BCUT2D eigenvalue weighted by atomic mass is 32.2. The fraction of sp³-hybridized carbons (Fsp3) is 0.462. The van der Waals surface area contributed by atoms with Gasteiger partial charge in [-0.25, -0.2) is 9.79 Å². The maximum Gasteiger partial charge on any atom is 0.305 e. The van der Waals surface area contributed by atoms with Crippen LogP contribution in [0.5, 0.6) is 17.2 Å².